The van der Waals surface area contributed by atoms with Crippen LogP contribution in [0.25, 0.3) is 0 Å². The van der Waals surface area contributed by atoms with Crippen LogP contribution in [0.1, 0.15) is 94.0 Å². The van der Waals surface area contributed by atoms with Crippen LogP contribution in [-0.4, -0.2) is 18.4 Å². The maximum absolute atomic E-state index is 12.4. The van der Waals surface area contributed by atoms with Gasteiger partial charge in [-0.1, -0.05) is 95.0 Å². The minimum atomic E-state index is -0.373. The summed E-state index contributed by atoms with van der Waals surface area (Å²) < 4.78 is 0. The molecule has 0 aromatic heterocycles. The molecule has 2 rings (SSSR count). The van der Waals surface area contributed by atoms with Gasteiger partial charge in [0.15, 0.2) is 0 Å². The highest BCUT2D eigenvalue weighted by atomic mass is 16.7. The van der Waals surface area contributed by atoms with Crippen LogP contribution in [0.3, 0.4) is 0 Å². The zero-order valence-electron chi connectivity index (χ0n) is 20.4. The molecule has 0 atom stereocenters. The Morgan fingerprint density at radius 1 is 0.788 bits per heavy atom. The molecule has 0 aliphatic carbocycles. The summed E-state index contributed by atoms with van der Waals surface area (Å²) in [6.07, 6.45) is 12.8. The number of amides is 1. The minimum absolute atomic E-state index is 0.0441. The number of unbranched alkanes of at least 4 members (excludes halogenated alkanes) is 9. The predicted molar refractivity (Wildman–Crippen MR) is 135 cm³/mol. The molecule has 0 bridgehead atoms. The highest BCUT2D eigenvalue weighted by Crippen LogP contribution is 2.18. The molecule has 33 heavy (non-hydrogen) atoms. The van der Waals surface area contributed by atoms with Gasteiger partial charge in [-0.2, -0.15) is 0 Å². The van der Waals surface area contributed by atoms with E-state index in [0.717, 1.165) is 17.7 Å². The van der Waals surface area contributed by atoms with E-state index in [1.807, 2.05) is 54.6 Å². The second-order valence-electron chi connectivity index (χ2n) is 8.59. The van der Waals surface area contributed by atoms with Crippen LogP contribution in [0, 0.1) is 0 Å². The lowest BCUT2D eigenvalue weighted by atomic mass is 10.1. The van der Waals surface area contributed by atoms with Crippen molar-refractivity contribution in [2.24, 2.45) is 0 Å². The van der Waals surface area contributed by atoms with Crippen LogP contribution < -0.4 is 10.4 Å². The summed E-state index contributed by atoms with van der Waals surface area (Å²) in [5.74, 6) is -0.417. The summed E-state index contributed by atoms with van der Waals surface area (Å²) >= 11 is 0. The maximum atomic E-state index is 12.4. The summed E-state index contributed by atoms with van der Waals surface area (Å²) in [7, 11) is 0. The number of hydrogen-bond acceptors (Lipinski definition) is 4. The van der Waals surface area contributed by atoms with Crippen molar-refractivity contribution in [2.45, 2.75) is 84.6 Å². The second kappa shape index (κ2) is 15.9. The summed E-state index contributed by atoms with van der Waals surface area (Å²) in [6.45, 7) is 4.76. The molecule has 0 heterocycles. The Bertz CT molecular complexity index is 806. The van der Waals surface area contributed by atoms with Crippen molar-refractivity contribution in [3.8, 4) is 0 Å². The Morgan fingerprint density at radius 2 is 1.36 bits per heavy atom. The van der Waals surface area contributed by atoms with Gasteiger partial charge in [0, 0.05) is 19.0 Å². The molecule has 0 unspecified atom stereocenters. The molecule has 0 aliphatic heterocycles. The Labute approximate surface area is 199 Å². The lowest BCUT2D eigenvalue weighted by molar-refractivity contribution is -0.142. The molecular formula is C28H40N2O3. The van der Waals surface area contributed by atoms with Gasteiger partial charge < -0.3 is 10.2 Å². The van der Waals surface area contributed by atoms with E-state index in [1.165, 1.54) is 64.7 Å². The van der Waals surface area contributed by atoms with Crippen LogP contribution >= 0.6 is 0 Å². The smallest absolute Gasteiger partial charge is 0.329 e. The van der Waals surface area contributed by atoms with E-state index >= 15 is 0 Å². The van der Waals surface area contributed by atoms with Gasteiger partial charge in [0.2, 0.25) is 0 Å². The van der Waals surface area contributed by atoms with Crippen LogP contribution in [0.5, 0.6) is 0 Å². The largest absolute Gasteiger partial charge is 0.352 e. The number of para-hydroxylation sites is 1. The van der Waals surface area contributed by atoms with Gasteiger partial charge in [0.25, 0.3) is 5.91 Å². The van der Waals surface area contributed by atoms with Crippen LogP contribution in [0.15, 0.2) is 54.6 Å². The van der Waals surface area contributed by atoms with Crippen LogP contribution in [0.2, 0.25) is 0 Å². The van der Waals surface area contributed by atoms with Crippen molar-refractivity contribution in [3.63, 3.8) is 0 Å². The fraction of sp³-hybridized carbons (Fsp3) is 0.500. The molecule has 0 spiro atoms. The number of hydrogen-bond donors (Lipinski definition) is 1. The van der Waals surface area contributed by atoms with Gasteiger partial charge >= 0.3 is 5.97 Å². The van der Waals surface area contributed by atoms with Crippen molar-refractivity contribution in [1.82, 2.24) is 5.32 Å². The maximum Gasteiger partial charge on any atom is 0.329 e. The number of nitrogens with one attached hydrogen (secondary N) is 1. The summed E-state index contributed by atoms with van der Waals surface area (Å²) in [5, 5.41) is 4.58. The van der Waals surface area contributed by atoms with E-state index in [-0.39, 0.29) is 11.9 Å². The average molecular weight is 453 g/mol. The third kappa shape index (κ3) is 11.0. The zero-order valence-corrected chi connectivity index (χ0v) is 20.4. The van der Waals surface area contributed by atoms with Crippen molar-refractivity contribution in [1.29, 1.82) is 0 Å². The molecule has 0 aliphatic rings. The molecule has 5 heteroatoms. The standard InChI is InChI=1S/C28H40N2O3/c1-3-4-5-6-7-8-9-10-11-15-22-29-28(32)26-20-18-25(19-21-26)23-30(33-24(2)31)27-16-13-12-14-17-27/h12-14,16-21H,3-11,15,22-23H2,1-2H3,(H,29,32). The lowest BCUT2D eigenvalue weighted by Crippen LogP contribution is -2.26. The molecule has 0 saturated heterocycles. The third-order valence-corrected chi connectivity index (χ3v) is 5.64. The number of carbonyl (C=O) groups is 2. The Hall–Kier alpha value is -2.82. The molecule has 1 N–H and O–H groups in total. The molecule has 0 fully saturated rings. The first-order valence-corrected chi connectivity index (χ1v) is 12.5. The lowest BCUT2D eigenvalue weighted by Gasteiger charge is -2.22. The molecule has 2 aromatic rings. The van der Waals surface area contributed by atoms with Gasteiger partial charge in [0.05, 0.1) is 12.2 Å². The first kappa shape index (κ1) is 26.4. The number of benzene rings is 2. The minimum Gasteiger partial charge on any atom is -0.352 e. The van der Waals surface area contributed by atoms with E-state index < -0.39 is 0 Å². The number of rotatable bonds is 16. The van der Waals surface area contributed by atoms with Gasteiger partial charge in [-0.15, -0.1) is 0 Å². The quantitative estimate of drug-likeness (QED) is 0.224. The highest BCUT2D eigenvalue weighted by molar-refractivity contribution is 5.94. The fourth-order valence-electron chi connectivity index (χ4n) is 3.77. The Balaban J connectivity index is 1.68. The van der Waals surface area contributed by atoms with E-state index in [9.17, 15) is 9.59 Å². The topological polar surface area (TPSA) is 58.6 Å². The Kier molecular flexibility index (Phi) is 12.7. The van der Waals surface area contributed by atoms with Crippen molar-refractivity contribution in [3.05, 3.63) is 65.7 Å². The molecular weight excluding hydrogens is 412 g/mol. The first-order chi connectivity index (χ1) is 16.1. The Morgan fingerprint density at radius 3 is 1.94 bits per heavy atom. The van der Waals surface area contributed by atoms with Crippen molar-refractivity contribution in [2.75, 3.05) is 11.6 Å². The van der Waals surface area contributed by atoms with E-state index in [0.29, 0.717) is 18.7 Å². The molecule has 2 aromatic carbocycles. The monoisotopic (exact) mass is 452 g/mol. The van der Waals surface area contributed by atoms with Gasteiger partial charge in [-0.3, -0.25) is 9.59 Å². The van der Waals surface area contributed by atoms with Crippen LogP contribution in [0.4, 0.5) is 5.69 Å². The van der Waals surface area contributed by atoms with Gasteiger partial charge in [-0.25, -0.2) is 5.06 Å². The van der Waals surface area contributed by atoms with Crippen molar-refractivity contribution >= 4 is 17.6 Å². The number of anilines is 1. The highest BCUT2D eigenvalue weighted by Gasteiger charge is 2.12. The molecule has 180 valence electrons. The normalized spacial score (nSPS) is 10.6. The van der Waals surface area contributed by atoms with Gasteiger partial charge in [0.1, 0.15) is 0 Å². The van der Waals surface area contributed by atoms with Gasteiger partial charge in [-0.05, 0) is 36.2 Å². The van der Waals surface area contributed by atoms with E-state index in [4.69, 9.17) is 4.84 Å². The molecule has 0 saturated carbocycles. The first-order valence-electron chi connectivity index (χ1n) is 12.5. The zero-order chi connectivity index (χ0) is 23.7. The summed E-state index contributed by atoms with van der Waals surface area (Å²) in [6, 6.07) is 16.9. The molecule has 1 amide bonds. The number of carbonyl (C=O) groups excluding carboxylic acids is 2. The summed E-state index contributed by atoms with van der Waals surface area (Å²) in [4.78, 5) is 29.3. The second-order valence-corrected chi connectivity index (χ2v) is 8.59. The van der Waals surface area contributed by atoms with E-state index in [1.54, 1.807) is 5.06 Å². The fourth-order valence-corrected chi connectivity index (χ4v) is 3.77. The SMILES string of the molecule is CCCCCCCCCCCCNC(=O)c1ccc(CN(OC(C)=O)c2ccccc2)cc1. The molecule has 0 radical (unpaired) electrons. The third-order valence-electron chi connectivity index (χ3n) is 5.64. The van der Waals surface area contributed by atoms with E-state index in [2.05, 4.69) is 12.2 Å². The predicted octanol–water partition coefficient (Wildman–Crippen LogP) is 6.82. The average Bonchev–Trinajstić information content (AvgIpc) is 2.82. The number of hydroxylamine groups is 1. The molecule has 5 nitrogen and oxygen atoms in total. The van der Waals surface area contributed by atoms with Crippen molar-refractivity contribution < 1.29 is 14.4 Å². The van der Waals surface area contributed by atoms with Crippen LogP contribution in [-0.2, 0) is 16.2 Å². The number of nitrogens with zero attached hydrogens (tertiary/aromatic N) is 1. The summed E-state index contributed by atoms with van der Waals surface area (Å²) in [5.41, 5.74) is 2.39.